The number of hydrogen-bond donors (Lipinski definition) is 2. The van der Waals surface area contributed by atoms with Gasteiger partial charge >= 0.3 is 0 Å². The largest absolute Gasteiger partial charge is 0.393 e. The summed E-state index contributed by atoms with van der Waals surface area (Å²) < 4.78 is 0. The average molecular weight is 282 g/mol. The first kappa shape index (κ1) is 15.3. The standard InChI is InChI=1S/C15H26N2O3/c1-11(18)16-8-4-2-3-5-15(20)17-9-12-6-7-14(19)13(12)10-17/h12-14,19H,2-10H2,1H3,(H,16,18). The molecule has 1 aliphatic carbocycles. The smallest absolute Gasteiger partial charge is 0.222 e. The quantitative estimate of drug-likeness (QED) is 0.712. The van der Waals surface area contributed by atoms with Crippen LogP contribution in [0.4, 0.5) is 0 Å². The van der Waals surface area contributed by atoms with Crippen molar-refractivity contribution in [2.24, 2.45) is 11.8 Å². The van der Waals surface area contributed by atoms with Crippen molar-refractivity contribution in [3.8, 4) is 0 Å². The summed E-state index contributed by atoms with van der Waals surface area (Å²) in [6.07, 6.45) is 5.14. The molecule has 0 spiro atoms. The zero-order chi connectivity index (χ0) is 14.5. The Hall–Kier alpha value is -1.10. The Morgan fingerprint density at radius 1 is 1.20 bits per heavy atom. The number of rotatable bonds is 6. The number of fused-ring (bicyclic) bond motifs is 1. The van der Waals surface area contributed by atoms with E-state index in [4.69, 9.17) is 0 Å². The Labute approximate surface area is 120 Å². The molecule has 2 aliphatic rings. The molecule has 3 unspecified atom stereocenters. The van der Waals surface area contributed by atoms with Crippen molar-refractivity contribution in [2.45, 2.75) is 51.6 Å². The van der Waals surface area contributed by atoms with Crippen LogP contribution in [-0.4, -0.2) is 47.6 Å². The fourth-order valence-electron chi connectivity index (χ4n) is 3.44. The van der Waals surface area contributed by atoms with Crippen LogP contribution in [0.1, 0.15) is 45.4 Å². The molecule has 2 fully saturated rings. The fraction of sp³-hybridized carbons (Fsp3) is 0.867. The van der Waals surface area contributed by atoms with Gasteiger partial charge in [-0.25, -0.2) is 0 Å². The maximum Gasteiger partial charge on any atom is 0.222 e. The van der Waals surface area contributed by atoms with Crippen LogP contribution in [0.2, 0.25) is 0 Å². The number of aliphatic hydroxyl groups is 1. The number of nitrogens with zero attached hydrogens (tertiary/aromatic N) is 1. The van der Waals surface area contributed by atoms with Gasteiger partial charge in [-0.1, -0.05) is 6.42 Å². The van der Waals surface area contributed by atoms with Crippen LogP contribution in [0.3, 0.4) is 0 Å². The first-order valence-electron chi connectivity index (χ1n) is 7.78. The zero-order valence-corrected chi connectivity index (χ0v) is 12.3. The molecule has 1 saturated heterocycles. The second-order valence-electron chi connectivity index (χ2n) is 6.16. The maximum absolute atomic E-state index is 12.1. The van der Waals surface area contributed by atoms with Gasteiger partial charge in [0.05, 0.1) is 6.10 Å². The molecule has 2 amide bonds. The van der Waals surface area contributed by atoms with E-state index in [9.17, 15) is 14.7 Å². The molecule has 2 rings (SSSR count). The molecular formula is C15H26N2O3. The highest BCUT2D eigenvalue weighted by molar-refractivity contribution is 5.76. The van der Waals surface area contributed by atoms with Crippen LogP contribution in [-0.2, 0) is 9.59 Å². The third-order valence-corrected chi connectivity index (χ3v) is 4.61. The number of amides is 2. The van der Waals surface area contributed by atoms with Crippen molar-refractivity contribution in [1.82, 2.24) is 10.2 Å². The van der Waals surface area contributed by atoms with Crippen LogP contribution in [0.25, 0.3) is 0 Å². The average Bonchev–Trinajstić information content (AvgIpc) is 2.96. The lowest BCUT2D eigenvalue weighted by atomic mass is 10.00. The van der Waals surface area contributed by atoms with Crippen molar-refractivity contribution in [1.29, 1.82) is 0 Å². The molecule has 1 aliphatic heterocycles. The highest BCUT2D eigenvalue weighted by Gasteiger charge is 2.42. The van der Waals surface area contributed by atoms with Crippen molar-refractivity contribution < 1.29 is 14.7 Å². The van der Waals surface area contributed by atoms with Crippen LogP contribution in [0.15, 0.2) is 0 Å². The highest BCUT2D eigenvalue weighted by atomic mass is 16.3. The van der Waals surface area contributed by atoms with Gasteiger partial charge < -0.3 is 15.3 Å². The summed E-state index contributed by atoms with van der Waals surface area (Å²) in [6, 6.07) is 0. The topological polar surface area (TPSA) is 69.6 Å². The summed E-state index contributed by atoms with van der Waals surface area (Å²) >= 11 is 0. The molecule has 0 aromatic rings. The molecule has 0 radical (unpaired) electrons. The highest BCUT2D eigenvalue weighted by Crippen LogP contribution is 2.38. The Morgan fingerprint density at radius 3 is 2.70 bits per heavy atom. The SMILES string of the molecule is CC(=O)NCCCCCC(=O)N1CC2CCC(O)C2C1. The zero-order valence-electron chi connectivity index (χ0n) is 12.3. The van der Waals surface area contributed by atoms with E-state index in [0.29, 0.717) is 24.8 Å². The second-order valence-corrected chi connectivity index (χ2v) is 6.16. The van der Waals surface area contributed by atoms with Gasteiger partial charge in [0.25, 0.3) is 0 Å². The van der Waals surface area contributed by atoms with Crippen LogP contribution in [0, 0.1) is 11.8 Å². The number of carbonyl (C=O) groups excluding carboxylic acids is 2. The van der Waals surface area contributed by atoms with Crippen LogP contribution >= 0.6 is 0 Å². The molecule has 1 heterocycles. The van der Waals surface area contributed by atoms with Gasteiger partial charge in [0.2, 0.25) is 11.8 Å². The van der Waals surface area contributed by atoms with E-state index in [2.05, 4.69) is 5.32 Å². The summed E-state index contributed by atoms with van der Waals surface area (Å²) in [4.78, 5) is 24.7. The van der Waals surface area contributed by atoms with E-state index in [0.717, 1.165) is 45.2 Å². The van der Waals surface area contributed by atoms with Crippen LogP contribution < -0.4 is 5.32 Å². The predicted octanol–water partition coefficient (Wildman–Crippen LogP) is 0.912. The third-order valence-electron chi connectivity index (χ3n) is 4.61. The van der Waals surface area contributed by atoms with Gasteiger partial charge in [0.15, 0.2) is 0 Å². The van der Waals surface area contributed by atoms with Gasteiger partial charge in [-0.2, -0.15) is 0 Å². The summed E-state index contributed by atoms with van der Waals surface area (Å²) in [5.41, 5.74) is 0. The van der Waals surface area contributed by atoms with Crippen molar-refractivity contribution >= 4 is 11.8 Å². The molecule has 114 valence electrons. The van der Waals surface area contributed by atoms with E-state index < -0.39 is 0 Å². The van der Waals surface area contributed by atoms with E-state index in [1.54, 1.807) is 0 Å². The Kier molecular flexibility index (Phi) is 5.40. The molecule has 2 N–H and O–H groups in total. The van der Waals surface area contributed by atoms with E-state index in [1.165, 1.54) is 6.92 Å². The minimum atomic E-state index is -0.199. The number of hydrogen-bond acceptors (Lipinski definition) is 3. The maximum atomic E-state index is 12.1. The first-order valence-corrected chi connectivity index (χ1v) is 7.78. The molecule has 0 aromatic carbocycles. The van der Waals surface area contributed by atoms with Crippen molar-refractivity contribution in [3.63, 3.8) is 0 Å². The van der Waals surface area contributed by atoms with Crippen LogP contribution in [0.5, 0.6) is 0 Å². The summed E-state index contributed by atoms with van der Waals surface area (Å²) in [6.45, 7) is 3.80. The first-order chi connectivity index (χ1) is 9.58. The van der Waals surface area contributed by atoms with E-state index >= 15 is 0 Å². The number of aliphatic hydroxyl groups excluding tert-OH is 1. The number of unbranched alkanes of at least 4 members (excludes halogenated alkanes) is 2. The molecule has 20 heavy (non-hydrogen) atoms. The molecule has 3 atom stereocenters. The lowest BCUT2D eigenvalue weighted by Crippen LogP contribution is -2.30. The van der Waals surface area contributed by atoms with Crippen molar-refractivity contribution in [2.75, 3.05) is 19.6 Å². The van der Waals surface area contributed by atoms with Crippen molar-refractivity contribution in [3.05, 3.63) is 0 Å². The van der Waals surface area contributed by atoms with Gasteiger partial charge in [-0.05, 0) is 31.6 Å². The Balaban J connectivity index is 1.58. The lowest BCUT2D eigenvalue weighted by molar-refractivity contribution is -0.130. The normalized spacial score (nSPS) is 28.5. The fourth-order valence-corrected chi connectivity index (χ4v) is 3.44. The van der Waals surface area contributed by atoms with Gasteiger partial charge in [-0.3, -0.25) is 9.59 Å². The third kappa shape index (κ3) is 3.95. The predicted molar refractivity (Wildman–Crippen MR) is 76.0 cm³/mol. The molecule has 0 aromatic heterocycles. The molecule has 5 heteroatoms. The van der Waals surface area contributed by atoms with Gasteiger partial charge in [0, 0.05) is 38.9 Å². The summed E-state index contributed by atoms with van der Waals surface area (Å²) in [5, 5.41) is 12.6. The number of carbonyl (C=O) groups is 2. The Morgan fingerprint density at radius 2 is 2.00 bits per heavy atom. The summed E-state index contributed by atoms with van der Waals surface area (Å²) in [7, 11) is 0. The number of likely N-dealkylation sites (tertiary alicyclic amines) is 1. The Bertz CT molecular complexity index is 359. The molecule has 0 bridgehead atoms. The van der Waals surface area contributed by atoms with E-state index in [-0.39, 0.29) is 17.9 Å². The minimum Gasteiger partial charge on any atom is -0.393 e. The monoisotopic (exact) mass is 282 g/mol. The molecule has 5 nitrogen and oxygen atoms in total. The lowest BCUT2D eigenvalue weighted by Gasteiger charge is -2.18. The minimum absolute atomic E-state index is 0.00300. The second kappa shape index (κ2) is 7.07. The number of nitrogens with one attached hydrogen (secondary N) is 1. The molecular weight excluding hydrogens is 256 g/mol. The van der Waals surface area contributed by atoms with Gasteiger partial charge in [0.1, 0.15) is 0 Å². The molecule has 1 saturated carbocycles. The van der Waals surface area contributed by atoms with Gasteiger partial charge in [-0.15, -0.1) is 0 Å². The summed E-state index contributed by atoms with van der Waals surface area (Å²) in [5.74, 6) is 1.07. The van der Waals surface area contributed by atoms with E-state index in [1.807, 2.05) is 4.90 Å².